The maximum atomic E-state index is 9.56. The van der Waals surface area contributed by atoms with E-state index in [0.29, 0.717) is 5.75 Å². The Morgan fingerprint density at radius 3 is 2.29 bits per heavy atom. The van der Waals surface area contributed by atoms with Gasteiger partial charge in [-0.05, 0) is 122 Å². The van der Waals surface area contributed by atoms with Gasteiger partial charge in [0.05, 0.1) is 10.7 Å². The summed E-state index contributed by atoms with van der Waals surface area (Å²) in [6.07, 6.45) is 0.868. The van der Waals surface area contributed by atoms with E-state index >= 15 is 0 Å². The third-order valence-electron chi connectivity index (χ3n) is 2.71. The summed E-state index contributed by atoms with van der Waals surface area (Å²) in [6, 6.07) is 9.40. The Bertz CT molecular complexity index is 629. The zero-order chi connectivity index (χ0) is 15.4. The van der Waals surface area contributed by atoms with Gasteiger partial charge < -0.3 is 9.84 Å². The zero-order valence-corrected chi connectivity index (χ0v) is 17.9. The second kappa shape index (κ2) is 8.37. The molecule has 2 rings (SSSR count). The Kier molecular flexibility index (Phi) is 7.10. The molecule has 0 amide bonds. The van der Waals surface area contributed by atoms with Crippen molar-refractivity contribution < 1.29 is 9.84 Å². The Labute approximate surface area is 169 Å². The summed E-state index contributed by atoms with van der Waals surface area (Å²) in [4.78, 5) is 2.63. The van der Waals surface area contributed by atoms with Crippen LogP contribution in [-0.2, 0) is 6.42 Å². The van der Waals surface area contributed by atoms with Crippen LogP contribution in [0.3, 0.4) is 0 Å². The predicted octanol–water partition coefficient (Wildman–Crippen LogP) is 5.28. The van der Waals surface area contributed by atoms with E-state index in [4.69, 9.17) is 16.5 Å². The van der Waals surface area contributed by atoms with Crippen LogP contribution < -0.4 is 9.57 Å². The quantitative estimate of drug-likeness (QED) is 0.345. The highest BCUT2D eigenvalue weighted by Gasteiger charge is 2.11. The maximum absolute atomic E-state index is 9.56. The molecule has 0 fully saturated rings. The summed E-state index contributed by atoms with van der Waals surface area (Å²) in [6.45, 7) is 0.726. The topological polar surface area (TPSA) is 41.5 Å². The summed E-state index contributed by atoms with van der Waals surface area (Å²) in [5, 5.41) is 9.56. The monoisotopic (exact) mass is 641 g/mol. The summed E-state index contributed by atoms with van der Waals surface area (Å²) in [5.74, 6) is 1.81. The van der Waals surface area contributed by atoms with Crippen molar-refractivity contribution in [3.8, 4) is 17.2 Å². The van der Waals surface area contributed by atoms with Crippen molar-refractivity contribution in [3.63, 3.8) is 0 Å². The van der Waals surface area contributed by atoms with Crippen LogP contribution in [0, 0.1) is 10.7 Å². The van der Waals surface area contributed by atoms with Crippen molar-refractivity contribution in [2.24, 2.45) is 0 Å². The molecule has 0 radical (unpaired) electrons. The Balaban J connectivity index is 2.25. The number of benzene rings is 2. The number of ether oxygens (including phenoxy) is 1. The highest BCUT2D eigenvalue weighted by Crippen LogP contribution is 2.34. The largest absolute Gasteiger partial charge is 0.507 e. The number of phenols is 1. The first kappa shape index (κ1) is 17.8. The van der Waals surface area contributed by atoms with E-state index in [1.165, 1.54) is 5.56 Å². The first-order chi connectivity index (χ1) is 10.0. The minimum Gasteiger partial charge on any atom is -0.507 e. The van der Waals surface area contributed by atoms with Gasteiger partial charge in [-0.3, -0.25) is 0 Å². The standard InChI is InChI=1S/C14H11ClI3NO2/c15-19-4-3-8-5-11(17)14(12(18)6-8)21-9-1-2-13(20)10(16)7-9/h1-2,5-7,19-20H,3-4H2. The van der Waals surface area contributed by atoms with Gasteiger partial charge >= 0.3 is 0 Å². The van der Waals surface area contributed by atoms with E-state index in [-0.39, 0.29) is 5.75 Å². The number of hydrogen-bond donors (Lipinski definition) is 2. The van der Waals surface area contributed by atoms with Crippen LogP contribution >= 0.6 is 79.5 Å². The molecule has 2 aromatic rings. The van der Waals surface area contributed by atoms with E-state index in [0.717, 1.165) is 29.4 Å². The molecule has 0 saturated heterocycles. The van der Waals surface area contributed by atoms with Gasteiger partial charge in [-0.1, -0.05) is 0 Å². The smallest absolute Gasteiger partial charge is 0.154 e. The lowest BCUT2D eigenvalue weighted by molar-refractivity contribution is 0.458. The fourth-order valence-corrected chi connectivity index (χ4v) is 4.41. The first-order valence-electron chi connectivity index (χ1n) is 5.99. The zero-order valence-electron chi connectivity index (χ0n) is 10.7. The number of hydrogen-bond acceptors (Lipinski definition) is 3. The number of phenolic OH excluding ortho intramolecular Hbond substituents is 1. The fourth-order valence-electron chi connectivity index (χ4n) is 1.71. The summed E-state index contributed by atoms with van der Waals surface area (Å²) in [5.41, 5.74) is 1.21. The van der Waals surface area contributed by atoms with Crippen molar-refractivity contribution in [3.05, 3.63) is 46.6 Å². The lowest BCUT2D eigenvalue weighted by Crippen LogP contribution is -2.05. The normalized spacial score (nSPS) is 10.7. The molecule has 0 aliphatic rings. The summed E-state index contributed by atoms with van der Waals surface area (Å²) < 4.78 is 8.82. The molecular weight excluding hydrogens is 630 g/mol. The second-order valence-corrected chi connectivity index (χ2v) is 7.99. The van der Waals surface area contributed by atoms with Crippen molar-refractivity contribution in [1.82, 2.24) is 4.84 Å². The molecule has 112 valence electrons. The average molecular weight is 641 g/mol. The minimum atomic E-state index is 0.260. The van der Waals surface area contributed by atoms with Crippen LogP contribution in [0.1, 0.15) is 5.56 Å². The maximum Gasteiger partial charge on any atom is 0.154 e. The molecule has 0 spiro atoms. The van der Waals surface area contributed by atoms with Crippen LogP contribution in [0.5, 0.6) is 17.2 Å². The van der Waals surface area contributed by atoms with E-state index in [9.17, 15) is 5.11 Å². The predicted molar refractivity (Wildman–Crippen MR) is 110 cm³/mol. The van der Waals surface area contributed by atoms with Crippen LogP contribution in [0.2, 0.25) is 0 Å². The molecule has 0 aliphatic carbocycles. The summed E-state index contributed by atoms with van der Waals surface area (Å²) in [7, 11) is 0. The Hall–Kier alpha value is 0.480. The van der Waals surface area contributed by atoms with Crippen LogP contribution in [0.4, 0.5) is 0 Å². The van der Waals surface area contributed by atoms with E-state index < -0.39 is 0 Å². The van der Waals surface area contributed by atoms with E-state index in [1.807, 2.05) is 6.07 Å². The highest BCUT2D eigenvalue weighted by molar-refractivity contribution is 14.1. The van der Waals surface area contributed by atoms with Gasteiger partial charge in [-0.2, -0.15) is 0 Å². The molecule has 7 heteroatoms. The van der Waals surface area contributed by atoms with Crippen LogP contribution in [-0.4, -0.2) is 11.7 Å². The fraction of sp³-hybridized carbons (Fsp3) is 0.143. The highest BCUT2D eigenvalue weighted by atomic mass is 127. The molecule has 0 heterocycles. The molecule has 3 nitrogen and oxygen atoms in total. The van der Waals surface area contributed by atoms with Gasteiger partial charge in [0.2, 0.25) is 0 Å². The van der Waals surface area contributed by atoms with Crippen molar-refractivity contribution in [1.29, 1.82) is 0 Å². The van der Waals surface area contributed by atoms with Gasteiger partial charge in [0.25, 0.3) is 0 Å². The number of nitrogens with one attached hydrogen (secondary N) is 1. The first-order valence-corrected chi connectivity index (χ1v) is 9.60. The molecule has 0 unspecified atom stereocenters. The molecule has 0 aliphatic heterocycles. The lowest BCUT2D eigenvalue weighted by atomic mass is 10.1. The molecular formula is C14H11ClI3NO2. The van der Waals surface area contributed by atoms with E-state index in [2.05, 4.69) is 84.7 Å². The van der Waals surface area contributed by atoms with Crippen LogP contribution in [0.25, 0.3) is 0 Å². The second-order valence-electron chi connectivity index (χ2n) is 4.24. The SMILES string of the molecule is Oc1ccc(Oc2c(I)cc(CCNCl)cc2I)cc1I. The van der Waals surface area contributed by atoms with Crippen LogP contribution in [0.15, 0.2) is 30.3 Å². The molecule has 21 heavy (non-hydrogen) atoms. The van der Waals surface area contributed by atoms with Gasteiger partial charge in [-0.25, -0.2) is 4.84 Å². The molecule has 0 saturated carbocycles. The minimum absolute atomic E-state index is 0.260. The third kappa shape index (κ3) is 4.98. The molecule has 2 aromatic carbocycles. The molecule has 0 bridgehead atoms. The van der Waals surface area contributed by atoms with Crippen molar-refractivity contribution >= 4 is 79.5 Å². The molecule has 0 aromatic heterocycles. The van der Waals surface area contributed by atoms with Gasteiger partial charge in [0, 0.05) is 6.54 Å². The van der Waals surface area contributed by atoms with Gasteiger partial charge in [0.15, 0.2) is 5.75 Å². The number of rotatable bonds is 5. The van der Waals surface area contributed by atoms with Crippen molar-refractivity contribution in [2.75, 3.05) is 6.54 Å². The Morgan fingerprint density at radius 2 is 1.71 bits per heavy atom. The number of aromatic hydroxyl groups is 1. The Morgan fingerprint density at radius 1 is 1.05 bits per heavy atom. The lowest BCUT2D eigenvalue weighted by Gasteiger charge is -2.12. The van der Waals surface area contributed by atoms with Gasteiger partial charge in [-0.15, -0.1) is 0 Å². The molecule has 0 atom stereocenters. The van der Waals surface area contributed by atoms with Gasteiger partial charge in [0.1, 0.15) is 11.5 Å². The van der Waals surface area contributed by atoms with Crippen molar-refractivity contribution in [2.45, 2.75) is 6.42 Å². The average Bonchev–Trinajstić information content (AvgIpc) is 2.44. The third-order valence-corrected chi connectivity index (χ3v) is 5.36. The number of halogens is 4. The summed E-state index contributed by atoms with van der Waals surface area (Å²) >= 11 is 12.1. The molecule has 2 N–H and O–H groups in total. The van der Waals surface area contributed by atoms with E-state index in [1.54, 1.807) is 12.1 Å².